The van der Waals surface area contributed by atoms with Gasteiger partial charge in [-0.05, 0) is 38.1 Å². The zero-order chi connectivity index (χ0) is 18.7. The molecule has 0 aliphatic carbocycles. The SMILES string of the molecule is CCOC(=O)COc1ccc2c(c1C)O/C(=C\c1ccccc1F)C2=O. The van der Waals surface area contributed by atoms with Gasteiger partial charge < -0.3 is 14.2 Å². The van der Waals surface area contributed by atoms with Crippen LogP contribution in [-0.2, 0) is 9.53 Å². The largest absolute Gasteiger partial charge is 0.481 e. The van der Waals surface area contributed by atoms with Crippen molar-refractivity contribution in [3.8, 4) is 11.5 Å². The van der Waals surface area contributed by atoms with Crippen molar-refractivity contribution in [1.82, 2.24) is 0 Å². The number of esters is 1. The van der Waals surface area contributed by atoms with Crippen LogP contribution in [0.15, 0.2) is 42.2 Å². The van der Waals surface area contributed by atoms with Gasteiger partial charge in [-0.15, -0.1) is 0 Å². The molecule has 0 radical (unpaired) electrons. The second-order valence-electron chi connectivity index (χ2n) is 5.62. The Balaban J connectivity index is 1.85. The Hall–Kier alpha value is -3.15. The first-order valence-corrected chi connectivity index (χ1v) is 8.12. The highest BCUT2D eigenvalue weighted by Crippen LogP contribution is 2.39. The Morgan fingerprint density at radius 1 is 1.23 bits per heavy atom. The van der Waals surface area contributed by atoms with Crippen LogP contribution in [0, 0.1) is 12.7 Å². The Kier molecular flexibility index (Phi) is 5.02. The highest BCUT2D eigenvalue weighted by atomic mass is 19.1. The summed E-state index contributed by atoms with van der Waals surface area (Å²) >= 11 is 0. The van der Waals surface area contributed by atoms with Crippen LogP contribution >= 0.6 is 0 Å². The van der Waals surface area contributed by atoms with Gasteiger partial charge in [0.2, 0.25) is 5.78 Å². The number of halogens is 1. The van der Waals surface area contributed by atoms with Crippen molar-refractivity contribution in [3.05, 3.63) is 64.7 Å². The molecule has 0 atom stereocenters. The van der Waals surface area contributed by atoms with Crippen molar-refractivity contribution in [2.75, 3.05) is 13.2 Å². The molecule has 0 N–H and O–H groups in total. The predicted molar refractivity (Wildman–Crippen MR) is 92.6 cm³/mol. The van der Waals surface area contributed by atoms with Crippen LogP contribution < -0.4 is 9.47 Å². The number of benzene rings is 2. The van der Waals surface area contributed by atoms with Crippen LogP contribution in [0.5, 0.6) is 11.5 Å². The first-order valence-electron chi connectivity index (χ1n) is 8.12. The summed E-state index contributed by atoms with van der Waals surface area (Å²) in [4.78, 5) is 23.9. The Bertz CT molecular complexity index is 901. The third-order valence-corrected chi connectivity index (χ3v) is 3.88. The lowest BCUT2D eigenvalue weighted by molar-refractivity contribution is -0.145. The summed E-state index contributed by atoms with van der Waals surface area (Å²) in [5.41, 5.74) is 1.21. The van der Waals surface area contributed by atoms with Gasteiger partial charge in [0.25, 0.3) is 0 Å². The molecule has 0 amide bonds. The van der Waals surface area contributed by atoms with E-state index < -0.39 is 11.8 Å². The lowest BCUT2D eigenvalue weighted by atomic mass is 10.1. The fourth-order valence-corrected chi connectivity index (χ4v) is 2.60. The van der Waals surface area contributed by atoms with E-state index in [1.165, 1.54) is 12.1 Å². The molecule has 3 rings (SSSR count). The molecule has 1 heterocycles. The van der Waals surface area contributed by atoms with E-state index in [1.54, 1.807) is 44.2 Å². The highest BCUT2D eigenvalue weighted by Gasteiger charge is 2.30. The number of hydrogen-bond acceptors (Lipinski definition) is 5. The van der Waals surface area contributed by atoms with Gasteiger partial charge in [0, 0.05) is 11.1 Å². The molecule has 0 saturated heterocycles. The topological polar surface area (TPSA) is 61.8 Å². The minimum Gasteiger partial charge on any atom is -0.481 e. The molecule has 5 nitrogen and oxygen atoms in total. The molecule has 2 aromatic carbocycles. The molecule has 2 aromatic rings. The second-order valence-corrected chi connectivity index (χ2v) is 5.62. The standard InChI is InChI=1S/C20H17FO5/c1-3-24-18(22)11-25-16-9-8-14-19(23)17(26-20(14)12(16)2)10-13-6-4-5-7-15(13)21/h4-10H,3,11H2,1-2H3/b17-10-. The van der Waals surface area contributed by atoms with Crippen LogP contribution in [0.4, 0.5) is 4.39 Å². The lowest BCUT2D eigenvalue weighted by Gasteiger charge is -2.10. The van der Waals surface area contributed by atoms with Crippen molar-refractivity contribution in [3.63, 3.8) is 0 Å². The number of ketones is 1. The number of rotatable bonds is 5. The zero-order valence-corrected chi connectivity index (χ0v) is 14.4. The monoisotopic (exact) mass is 356 g/mol. The summed E-state index contributed by atoms with van der Waals surface area (Å²) < 4.78 is 29.7. The molecular formula is C20H17FO5. The van der Waals surface area contributed by atoms with Gasteiger partial charge in [0.15, 0.2) is 12.4 Å². The Labute approximate surface area is 150 Å². The van der Waals surface area contributed by atoms with Gasteiger partial charge in [-0.25, -0.2) is 9.18 Å². The molecule has 1 aliphatic heterocycles. The summed E-state index contributed by atoms with van der Waals surface area (Å²) in [7, 11) is 0. The normalized spacial score (nSPS) is 14.1. The van der Waals surface area contributed by atoms with E-state index >= 15 is 0 Å². The van der Waals surface area contributed by atoms with Crippen LogP contribution in [0.25, 0.3) is 6.08 Å². The number of fused-ring (bicyclic) bond motifs is 1. The van der Waals surface area contributed by atoms with Crippen molar-refractivity contribution in [1.29, 1.82) is 0 Å². The molecular weight excluding hydrogens is 339 g/mol. The summed E-state index contributed by atoms with van der Waals surface area (Å²) in [6.45, 7) is 3.46. The predicted octanol–water partition coefficient (Wildman–Crippen LogP) is 3.69. The van der Waals surface area contributed by atoms with E-state index in [0.717, 1.165) is 0 Å². The van der Waals surface area contributed by atoms with E-state index in [-0.39, 0.29) is 30.3 Å². The molecule has 0 aromatic heterocycles. The van der Waals surface area contributed by atoms with Crippen LogP contribution in [-0.4, -0.2) is 25.0 Å². The third kappa shape index (κ3) is 3.44. The van der Waals surface area contributed by atoms with Gasteiger partial charge >= 0.3 is 5.97 Å². The molecule has 0 spiro atoms. The number of ether oxygens (including phenoxy) is 3. The van der Waals surface area contributed by atoms with Gasteiger partial charge in [-0.1, -0.05) is 18.2 Å². The van der Waals surface area contributed by atoms with Gasteiger partial charge in [0.05, 0.1) is 12.2 Å². The summed E-state index contributed by atoms with van der Waals surface area (Å²) in [6.07, 6.45) is 1.37. The maximum atomic E-state index is 13.8. The van der Waals surface area contributed by atoms with Crippen LogP contribution in [0.3, 0.4) is 0 Å². The Morgan fingerprint density at radius 2 is 2.00 bits per heavy atom. The first-order chi connectivity index (χ1) is 12.5. The number of Topliss-reactive ketones (excluding diaryl/α,β-unsaturated/α-hetero) is 1. The van der Waals surface area contributed by atoms with Gasteiger partial charge in [-0.3, -0.25) is 4.79 Å². The van der Waals surface area contributed by atoms with Crippen LogP contribution in [0.1, 0.15) is 28.4 Å². The van der Waals surface area contributed by atoms with E-state index in [2.05, 4.69) is 0 Å². The summed E-state index contributed by atoms with van der Waals surface area (Å²) in [5.74, 6) is -0.457. The molecule has 0 fully saturated rings. The molecule has 134 valence electrons. The number of carbonyl (C=O) groups excluding carboxylic acids is 2. The molecule has 1 aliphatic rings. The zero-order valence-electron chi connectivity index (χ0n) is 14.4. The van der Waals surface area contributed by atoms with Crippen molar-refractivity contribution < 1.29 is 28.2 Å². The average Bonchev–Trinajstić information content (AvgIpc) is 2.94. The molecule has 0 saturated carbocycles. The number of hydrogen-bond donors (Lipinski definition) is 0. The lowest BCUT2D eigenvalue weighted by Crippen LogP contribution is -2.15. The van der Waals surface area contributed by atoms with E-state index in [1.807, 2.05) is 0 Å². The smallest absolute Gasteiger partial charge is 0.344 e. The molecule has 0 bridgehead atoms. The van der Waals surface area contributed by atoms with Crippen molar-refractivity contribution in [2.24, 2.45) is 0 Å². The molecule has 0 unspecified atom stereocenters. The quantitative estimate of drug-likeness (QED) is 0.604. The van der Waals surface area contributed by atoms with Crippen molar-refractivity contribution >= 4 is 17.8 Å². The van der Waals surface area contributed by atoms with Crippen LogP contribution in [0.2, 0.25) is 0 Å². The third-order valence-electron chi connectivity index (χ3n) is 3.88. The minimum atomic E-state index is -0.482. The fourth-order valence-electron chi connectivity index (χ4n) is 2.60. The fraction of sp³-hybridized carbons (Fsp3) is 0.200. The van der Waals surface area contributed by atoms with Crippen molar-refractivity contribution in [2.45, 2.75) is 13.8 Å². The Morgan fingerprint density at radius 3 is 2.73 bits per heavy atom. The highest BCUT2D eigenvalue weighted by molar-refractivity contribution is 6.15. The summed E-state index contributed by atoms with van der Waals surface area (Å²) in [5, 5.41) is 0. The summed E-state index contributed by atoms with van der Waals surface area (Å²) in [6, 6.07) is 9.28. The molecule has 26 heavy (non-hydrogen) atoms. The van der Waals surface area contributed by atoms with E-state index in [4.69, 9.17) is 14.2 Å². The first kappa shape index (κ1) is 17.7. The number of allylic oxidation sites excluding steroid dienone is 1. The maximum Gasteiger partial charge on any atom is 0.344 e. The van der Waals surface area contributed by atoms with E-state index in [9.17, 15) is 14.0 Å². The maximum absolute atomic E-state index is 13.8. The van der Waals surface area contributed by atoms with Gasteiger partial charge in [0.1, 0.15) is 17.3 Å². The molecule has 6 heteroatoms. The average molecular weight is 356 g/mol. The second kappa shape index (κ2) is 7.39. The van der Waals surface area contributed by atoms with Gasteiger partial charge in [-0.2, -0.15) is 0 Å². The van der Waals surface area contributed by atoms with E-state index in [0.29, 0.717) is 22.6 Å². The minimum absolute atomic E-state index is 0.0377. The number of carbonyl (C=O) groups is 2.